The van der Waals surface area contributed by atoms with Crippen molar-refractivity contribution in [2.45, 2.75) is 44.8 Å². The molecule has 1 aliphatic heterocycles. The second-order valence-electron chi connectivity index (χ2n) is 6.54. The van der Waals surface area contributed by atoms with Gasteiger partial charge in [0, 0.05) is 37.8 Å². The van der Waals surface area contributed by atoms with E-state index in [4.69, 9.17) is 0 Å². The molecule has 3 rings (SSSR count). The number of nitrogens with one attached hydrogen (secondary N) is 1. The summed E-state index contributed by atoms with van der Waals surface area (Å²) >= 11 is 0. The summed E-state index contributed by atoms with van der Waals surface area (Å²) < 4.78 is 0. The fraction of sp³-hybridized carbons (Fsp3) is 0.667. The molecule has 0 radical (unpaired) electrons. The summed E-state index contributed by atoms with van der Waals surface area (Å²) in [5, 5.41) is 3.74. The van der Waals surface area contributed by atoms with Gasteiger partial charge in [-0.3, -0.25) is 4.90 Å². The van der Waals surface area contributed by atoms with Crippen LogP contribution < -0.4 is 5.32 Å². The van der Waals surface area contributed by atoms with Gasteiger partial charge in [0.05, 0.1) is 0 Å². The zero-order chi connectivity index (χ0) is 14.8. The van der Waals surface area contributed by atoms with E-state index >= 15 is 0 Å². The van der Waals surface area contributed by atoms with Gasteiger partial charge in [0.2, 0.25) is 0 Å². The molecule has 3 unspecified atom stereocenters. The highest BCUT2D eigenvalue weighted by atomic mass is 15.3. The molecule has 0 aromatic heterocycles. The van der Waals surface area contributed by atoms with Gasteiger partial charge in [0.1, 0.15) is 0 Å². The Hall–Kier alpha value is -0.900. The lowest BCUT2D eigenvalue weighted by Crippen LogP contribution is -2.56. The number of hydrogen-bond acceptors (Lipinski definition) is 3. The second kappa shape index (κ2) is 6.47. The molecular weight excluding hydrogens is 258 g/mol. The van der Waals surface area contributed by atoms with Crippen LogP contribution in [0.25, 0.3) is 0 Å². The maximum atomic E-state index is 3.74. The molecule has 0 spiro atoms. The van der Waals surface area contributed by atoms with Crippen molar-refractivity contribution in [1.82, 2.24) is 15.1 Å². The molecule has 1 aromatic rings. The lowest BCUT2D eigenvalue weighted by molar-refractivity contribution is 0.0530. The molecule has 0 amide bonds. The van der Waals surface area contributed by atoms with Gasteiger partial charge in [-0.1, -0.05) is 38.1 Å². The third kappa shape index (κ3) is 2.87. The average molecular weight is 287 g/mol. The molecule has 21 heavy (non-hydrogen) atoms. The maximum absolute atomic E-state index is 3.74. The minimum Gasteiger partial charge on any atom is -0.309 e. The van der Waals surface area contributed by atoms with Crippen molar-refractivity contribution in [3.8, 4) is 0 Å². The normalized spacial score (nSPS) is 30.5. The summed E-state index contributed by atoms with van der Waals surface area (Å²) in [4.78, 5) is 5.27. The maximum Gasteiger partial charge on any atom is 0.0484 e. The Morgan fingerprint density at radius 1 is 1.19 bits per heavy atom. The summed E-state index contributed by atoms with van der Waals surface area (Å²) in [5.74, 6) is 0. The molecule has 1 aliphatic carbocycles. The molecule has 1 aromatic carbocycles. The molecule has 0 bridgehead atoms. The lowest BCUT2D eigenvalue weighted by Gasteiger charge is -2.43. The largest absolute Gasteiger partial charge is 0.309 e. The van der Waals surface area contributed by atoms with Crippen LogP contribution in [0.2, 0.25) is 0 Å². The van der Waals surface area contributed by atoms with Crippen LogP contribution in [0.4, 0.5) is 0 Å². The van der Waals surface area contributed by atoms with Gasteiger partial charge in [-0.25, -0.2) is 0 Å². The number of fused-ring (bicyclic) bond motifs is 1. The van der Waals surface area contributed by atoms with E-state index in [0.29, 0.717) is 18.1 Å². The van der Waals surface area contributed by atoms with E-state index in [0.717, 1.165) is 6.54 Å². The van der Waals surface area contributed by atoms with Crippen LogP contribution in [0.1, 0.15) is 37.4 Å². The van der Waals surface area contributed by atoms with Crippen molar-refractivity contribution in [3.63, 3.8) is 0 Å². The van der Waals surface area contributed by atoms with Gasteiger partial charge >= 0.3 is 0 Å². The highest BCUT2D eigenvalue weighted by Gasteiger charge is 2.38. The van der Waals surface area contributed by atoms with Crippen LogP contribution in [-0.2, 0) is 6.42 Å². The van der Waals surface area contributed by atoms with E-state index in [1.807, 2.05) is 0 Å². The fourth-order valence-corrected chi connectivity index (χ4v) is 4.09. The van der Waals surface area contributed by atoms with Crippen LogP contribution in [0.3, 0.4) is 0 Å². The number of rotatable bonds is 4. The van der Waals surface area contributed by atoms with Crippen molar-refractivity contribution in [3.05, 3.63) is 35.4 Å². The molecule has 3 atom stereocenters. The SMILES string of the molecule is CCNC1c2ccccc2CC1N1CCN(C)C(CC)C1. The Labute approximate surface area is 129 Å². The highest BCUT2D eigenvalue weighted by Crippen LogP contribution is 2.35. The third-order valence-corrected chi connectivity index (χ3v) is 5.38. The quantitative estimate of drug-likeness (QED) is 0.916. The Kier molecular flexibility index (Phi) is 4.63. The van der Waals surface area contributed by atoms with Gasteiger partial charge < -0.3 is 10.2 Å². The first-order chi connectivity index (χ1) is 10.2. The minimum atomic E-state index is 0.507. The molecule has 3 nitrogen and oxygen atoms in total. The Balaban J connectivity index is 1.79. The first-order valence-electron chi connectivity index (χ1n) is 8.50. The van der Waals surface area contributed by atoms with Gasteiger partial charge in [-0.05, 0) is 37.6 Å². The molecule has 1 fully saturated rings. The Morgan fingerprint density at radius 2 is 2.00 bits per heavy atom. The predicted molar refractivity (Wildman–Crippen MR) is 88.6 cm³/mol. The summed E-state index contributed by atoms with van der Waals surface area (Å²) in [6, 6.07) is 10.8. The van der Waals surface area contributed by atoms with Crippen molar-refractivity contribution >= 4 is 0 Å². The predicted octanol–water partition coefficient (Wildman–Crippen LogP) is 2.29. The van der Waals surface area contributed by atoms with Crippen LogP contribution in [-0.4, -0.2) is 55.1 Å². The van der Waals surface area contributed by atoms with E-state index in [2.05, 4.69) is 60.3 Å². The second-order valence-corrected chi connectivity index (χ2v) is 6.54. The monoisotopic (exact) mass is 287 g/mol. The van der Waals surface area contributed by atoms with Crippen molar-refractivity contribution < 1.29 is 0 Å². The average Bonchev–Trinajstić information content (AvgIpc) is 2.87. The lowest BCUT2D eigenvalue weighted by atomic mass is 10.0. The van der Waals surface area contributed by atoms with Crippen LogP contribution in [0.5, 0.6) is 0 Å². The van der Waals surface area contributed by atoms with Gasteiger partial charge in [-0.2, -0.15) is 0 Å². The number of nitrogens with zero attached hydrogens (tertiary/aromatic N) is 2. The van der Waals surface area contributed by atoms with Gasteiger partial charge in [-0.15, -0.1) is 0 Å². The fourth-order valence-electron chi connectivity index (χ4n) is 4.09. The molecular formula is C18H29N3. The van der Waals surface area contributed by atoms with E-state index in [1.165, 1.54) is 38.0 Å². The van der Waals surface area contributed by atoms with Crippen LogP contribution in [0, 0.1) is 0 Å². The molecule has 1 saturated heterocycles. The van der Waals surface area contributed by atoms with E-state index in [1.54, 1.807) is 5.56 Å². The molecule has 2 aliphatic rings. The van der Waals surface area contributed by atoms with Crippen molar-refractivity contribution in [2.75, 3.05) is 33.2 Å². The third-order valence-electron chi connectivity index (χ3n) is 5.38. The van der Waals surface area contributed by atoms with Crippen molar-refractivity contribution in [2.24, 2.45) is 0 Å². The molecule has 1 heterocycles. The first-order valence-corrected chi connectivity index (χ1v) is 8.50. The number of likely N-dealkylation sites (N-methyl/N-ethyl adjacent to an activating group) is 2. The summed E-state index contributed by atoms with van der Waals surface area (Å²) in [7, 11) is 2.27. The highest BCUT2D eigenvalue weighted by molar-refractivity contribution is 5.37. The Morgan fingerprint density at radius 3 is 2.76 bits per heavy atom. The van der Waals surface area contributed by atoms with E-state index < -0.39 is 0 Å². The Bertz CT molecular complexity index is 473. The number of benzene rings is 1. The topological polar surface area (TPSA) is 18.5 Å². The van der Waals surface area contributed by atoms with Gasteiger partial charge in [0.25, 0.3) is 0 Å². The van der Waals surface area contributed by atoms with Gasteiger partial charge in [0.15, 0.2) is 0 Å². The summed E-state index contributed by atoms with van der Waals surface area (Å²) in [6.07, 6.45) is 2.45. The molecule has 0 saturated carbocycles. The number of hydrogen-bond donors (Lipinski definition) is 1. The zero-order valence-electron chi connectivity index (χ0n) is 13.7. The van der Waals surface area contributed by atoms with Crippen LogP contribution in [0.15, 0.2) is 24.3 Å². The first kappa shape index (κ1) is 15.0. The van der Waals surface area contributed by atoms with Crippen LogP contribution >= 0.6 is 0 Å². The van der Waals surface area contributed by atoms with Crippen molar-refractivity contribution in [1.29, 1.82) is 0 Å². The number of piperazine rings is 1. The minimum absolute atomic E-state index is 0.507. The summed E-state index contributed by atoms with van der Waals surface area (Å²) in [5.41, 5.74) is 3.07. The molecule has 3 heteroatoms. The zero-order valence-corrected chi connectivity index (χ0v) is 13.7. The molecule has 1 N–H and O–H groups in total. The van der Waals surface area contributed by atoms with E-state index in [-0.39, 0.29) is 0 Å². The standard InChI is InChI=1S/C18H29N3/c1-4-15-13-21(11-10-20(15)3)17-12-14-8-6-7-9-16(14)18(17)19-5-2/h6-9,15,17-19H,4-5,10-13H2,1-3H3. The smallest absolute Gasteiger partial charge is 0.0484 e. The molecule has 116 valence electrons. The summed E-state index contributed by atoms with van der Waals surface area (Å²) in [6.45, 7) is 9.19. The van der Waals surface area contributed by atoms with E-state index in [9.17, 15) is 0 Å².